The third-order valence-electron chi connectivity index (χ3n) is 2.89. The van der Waals surface area contributed by atoms with Crippen molar-refractivity contribution in [3.05, 3.63) is 65.7 Å². The molecule has 1 amide bonds. The van der Waals surface area contributed by atoms with E-state index in [2.05, 4.69) is 5.32 Å². The van der Waals surface area contributed by atoms with Crippen LogP contribution in [-0.4, -0.2) is 11.0 Å². The molecule has 0 aliphatic heterocycles. The van der Waals surface area contributed by atoms with Gasteiger partial charge in [-0.2, -0.15) is 0 Å². The lowest BCUT2D eigenvalue weighted by molar-refractivity contribution is -0.117. The van der Waals surface area contributed by atoms with Crippen LogP contribution in [0.4, 0.5) is 5.69 Å². The Kier molecular flexibility index (Phi) is 4.28. The monoisotopic (exact) mass is 256 g/mol. The van der Waals surface area contributed by atoms with E-state index >= 15 is 0 Å². The summed E-state index contributed by atoms with van der Waals surface area (Å²) in [5, 5.41) is 11.9. The summed E-state index contributed by atoms with van der Waals surface area (Å²) < 4.78 is 0. The molecule has 19 heavy (non-hydrogen) atoms. The number of hydrogen-bond donors (Lipinski definition) is 3. The fourth-order valence-corrected chi connectivity index (χ4v) is 1.80. The Bertz CT molecular complexity index is 555. The second-order valence-electron chi connectivity index (χ2n) is 4.19. The second-order valence-corrected chi connectivity index (χ2v) is 4.19. The zero-order chi connectivity index (χ0) is 13.7. The number of aliphatic hydroxyl groups excluding tert-OH is 1. The van der Waals surface area contributed by atoms with Gasteiger partial charge < -0.3 is 16.2 Å². The van der Waals surface area contributed by atoms with Crippen molar-refractivity contribution < 1.29 is 9.90 Å². The average Bonchev–Trinajstić information content (AvgIpc) is 2.48. The molecule has 2 aromatic carbocycles. The number of carbonyl (C=O) groups excluding carboxylic acids is 1. The number of hydrogen-bond acceptors (Lipinski definition) is 3. The first-order valence-electron chi connectivity index (χ1n) is 6.02. The maximum absolute atomic E-state index is 12.1. The maximum atomic E-state index is 12.1. The Hall–Kier alpha value is -2.17. The van der Waals surface area contributed by atoms with Crippen LogP contribution >= 0.6 is 0 Å². The molecule has 0 fully saturated rings. The molecule has 2 rings (SSSR count). The molecular formula is C15H16N2O2. The van der Waals surface area contributed by atoms with E-state index in [-0.39, 0.29) is 12.5 Å². The molecule has 4 nitrogen and oxygen atoms in total. The Morgan fingerprint density at radius 2 is 1.74 bits per heavy atom. The van der Waals surface area contributed by atoms with E-state index in [1.54, 1.807) is 24.3 Å². The van der Waals surface area contributed by atoms with Gasteiger partial charge in [-0.25, -0.2) is 0 Å². The van der Waals surface area contributed by atoms with Gasteiger partial charge in [0.05, 0.1) is 6.61 Å². The second kappa shape index (κ2) is 6.13. The minimum atomic E-state index is -0.729. The van der Waals surface area contributed by atoms with E-state index in [0.29, 0.717) is 11.3 Å². The normalized spacial score (nSPS) is 11.9. The minimum absolute atomic E-state index is 0.128. The van der Waals surface area contributed by atoms with Crippen molar-refractivity contribution in [2.24, 2.45) is 5.73 Å². The molecule has 0 bridgehead atoms. The zero-order valence-electron chi connectivity index (χ0n) is 10.4. The van der Waals surface area contributed by atoms with E-state index in [9.17, 15) is 9.90 Å². The SMILES string of the molecule is N[C@H](C(=O)Nc1ccccc1CO)c1ccccc1. The number of nitrogens with two attached hydrogens (primary N) is 1. The summed E-state index contributed by atoms with van der Waals surface area (Å²) in [6, 6.07) is 15.5. The third kappa shape index (κ3) is 3.19. The Labute approximate surface area is 111 Å². The van der Waals surface area contributed by atoms with E-state index in [1.165, 1.54) is 0 Å². The molecule has 0 spiro atoms. The van der Waals surface area contributed by atoms with Crippen LogP contribution in [0.3, 0.4) is 0 Å². The van der Waals surface area contributed by atoms with Crippen LogP contribution in [0.5, 0.6) is 0 Å². The summed E-state index contributed by atoms with van der Waals surface area (Å²) in [5.41, 5.74) is 7.90. The highest BCUT2D eigenvalue weighted by Crippen LogP contribution is 2.17. The number of rotatable bonds is 4. The predicted molar refractivity (Wildman–Crippen MR) is 74.4 cm³/mol. The number of nitrogens with one attached hydrogen (secondary N) is 1. The summed E-state index contributed by atoms with van der Waals surface area (Å²) in [7, 11) is 0. The van der Waals surface area contributed by atoms with Crippen molar-refractivity contribution in [3.8, 4) is 0 Å². The maximum Gasteiger partial charge on any atom is 0.245 e. The standard InChI is InChI=1S/C15H16N2O2/c16-14(11-6-2-1-3-7-11)15(19)17-13-9-5-4-8-12(13)10-18/h1-9,14,18H,10,16H2,(H,17,19)/t14-/m0/s1. The zero-order valence-corrected chi connectivity index (χ0v) is 10.4. The van der Waals surface area contributed by atoms with E-state index in [4.69, 9.17) is 5.73 Å². The molecule has 0 saturated carbocycles. The lowest BCUT2D eigenvalue weighted by Gasteiger charge is -2.14. The van der Waals surface area contributed by atoms with Crippen LogP contribution in [0, 0.1) is 0 Å². The fraction of sp³-hybridized carbons (Fsp3) is 0.133. The summed E-state index contributed by atoms with van der Waals surface area (Å²) in [5.74, 6) is -0.299. The first kappa shape index (κ1) is 13.3. The van der Waals surface area contributed by atoms with Gasteiger partial charge in [-0.3, -0.25) is 4.79 Å². The van der Waals surface area contributed by atoms with Crippen LogP contribution in [0.1, 0.15) is 17.2 Å². The Morgan fingerprint density at radius 3 is 2.42 bits per heavy atom. The first-order valence-corrected chi connectivity index (χ1v) is 6.02. The lowest BCUT2D eigenvalue weighted by atomic mass is 10.1. The summed E-state index contributed by atoms with van der Waals surface area (Å²) >= 11 is 0. The number of aliphatic hydroxyl groups is 1. The van der Waals surface area contributed by atoms with Crippen molar-refractivity contribution in [2.75, 3.05) is 5.32 Å². The van der Waals surface area contributed by atoms with Gasteiger partial charge in [-0.1, -0.05) is 48.5 Å². The van der Waals surface area contributed by atoms with Gasteiger partial charge >= 0.3 is 0 Å². The van der Waals surface area contributed by atoms with Gasteiger partial charge in [0.25, 0.3) is 0 Å². The Balaban J connectivity index is 2.13. The predicted octanol–water partition coefficient (Wildman–Crippen LogP) is 1.82. The van der Waals surface area contributed by atoms with Crippen LogP contribution < -0.4 is 11.1 Å². The van der Waals surface area contributed by atoms with Crippen molar-refractivity contribution in [3.63, 3.8) is 0 Å². The molecule has 1 atom stereocenters. The molecule has 0 saturated heterocycles. The highest BCUT2D eigenvalue weighted by atomic mass is 16.3. The van der Waals surface area contributed by atoms with Crippen LogP contribution in [-0.2, 0) is 11.4 Å². The molecule has 0 aliphatic carbocycles. The van der Waals surface area contributed by atoms with E-state index < -0.39 is 6.04 Å². The van der Waals surface area contributed by atoms with Crippen LogP contribution in [0.2, 0.25) is 0 Å². The number of para-hydroxylation sites is 1. The van der Waals surface area contributed by atoms with Crippen molar-refractivity contribution in [1.82, 2.24) is 0 Å². The summed E-state index contributed by atoms with van der Waals surface area (Å²) in [4.78, 5) is 12.1. The fourth-order valence-electron chi connectivity index (χ4n) is 1.80. The van der Waals surface area contributed by atoms with Crippen LogP contribution in [0.25, 0.3) is 0 Å². The van der Waals surface area contributed by atoms with Crippen molar-refractivity contribution >= 4 is 11.6 Å². The molecule has 0 unspecified atom stereocenters. The van der Waals surface area contributed by atoms with Crippen molar-refractivity contribution in [2.45, 2.75) is 12.6 Å². The molecule has 0 aromatic heterocycles. The molecule has 0 heterocycles. The largest absolute Gasteiger partial charge is 0.392 e. The van der Waals surface area contributed by atoms with Gasteiger partial charge in [-0.15, -0.1) is 0 Å². The van der Waals surface area contributed by atoms with Gasteiger partial charge in [0, 0.05) is 11.3 Å². The molecule has 4 heteroatoms. The lowest BCUT2D eigenvalue weighted by Crippen LogP contribution is -2.28. The number of amides is 1. The summed E-state index contributed by atoms with van der Waals surface area (Å²) in [6.07, 6.45) is 0. The number of benzene rings is 2. The van der Waals surface area contributed by atoms with Gasteiger partial charge in [0.1, 0.15) is 6.04 Å². The molecule has 4 N–H and O–H groups in total. The number of carbonyl (C=O) groups is 1. The highest BCUT2D eigenvalue weighted by molar-refractivity contribution is 5.95. The topological polar surface area (TPSA) is 75.4 Å². The molecular weight excluding hydrogens is 240 g/mol. The Morgan fingerprint density at radius 1 is 1.11 bits per heavy atom. The molecule has 0 aliphatic rings. The number of anilines is 1. The highest BCUT2D eigenvalue weighted by Gasteiger charge is 2.16. The third-order valence-corrected chi connectivity index (χ3v) is 2.89. The van der Waals surface area contributed by atoms with E-state index in [0.717, 1.165) is 5.56 Å². The molecule has 98 valence electrons. The van der Waals surface area contributed by atoms with Crippen molar-refractivity contribution in [1.29, 1.82) is 0 Å². The van der Waals surface area contributed by atoms with E-state index in [1.807, 2.05) is 30.3 Å². The van der Waals surface area contributed by atoms with Gasteiger partial charge in [-0.05, 0) is 11.6 Å². The average molecular weight is 256 g/mol. The quantitative estimate of drug-likeness (QED) is 0.781. The minimum Gasteiger partial charge on any atom is -0.392 e. The van der Waals surface area contributed by atoms with Crippen LogP contribution in [0.15, 0.2) is 54.6 Å². The van der Waals surface area contributed by atoms with Gasteiger partial charge in [0.15, 0.2) is 0 Å². The smallest absolute Gasteiger partial charge is 0.245 e. The molecule has 2 aromatic rings. The van der Waals surface area contributed by atoms with Gasteiger partial charge in [0.2, 0.25) is 5.91 Å². The summed E-state index contributed by atoms with van der Waals surface area (Å²) in [6.45, 7) is -0.128. The molecule has 0 radical (unpaired) electrons. The first-order chi connectivity index (χ1) is 9.22.